The molecular formula is C18H23N3O3S2. The fourth-order valence-corrected chi connectivity index (χ4v) is 5.18. The number of likely N-dealkylation sites (N-methyl/N-ethyl adjacent to an activating group) is 1. The summed E-state index contributed by atoms with van der Waals surface area (Å²) >= 11 is 1.67. The summed E-state index contributed by atoms with van der Waals surface area (Å²) in [6, 6.07) is 8.37. The molecule has 2 aromatic rings. The standard InChI is InChI=1S/C18H23N3O3S2/c1-13(19-2)11-20-18(22)14-4-3-5-16(10-14)26(23,24)21-8-6-17-15(12-21)7-9-25-17/h3-5,7,9-10,13,19H,6,8,11-12H2,1-2H3,(H,20,22). The van der Waals surface area contributed by atoms with E-state index in [1.54, 1.807) is 29.5 Å². The molecule has 8 heteroatoms. The van der Waals surface area contributed by atoms with Crippen LogP contribution in [0.1, 0.15) is 27.7 Å². The van der Waals surface area contributed by atoms with Gasteiger partial charge in [0.1, 0.15) is 0 Å². The predicted molar refractivity (Wildman–Crippen MR) is 103 cm³/mol. The van der Waals surface area contributed by atoms with Gasteiger partial charge in [-0.2, -0.15) is 4.31 Å². The van der Waals surface area contributed by atoms with Crippen LogP contribution in [0.3, 0.4) is 0 Å². The molecule has 1 aliphatic rings. The van der Waals surface area contributed by atoms with Crippen molar-refractivity contribution in [3.05, 3.63) is 51.7 Å². The molecule has 0 saturated carbocycles. The van der Waals surface area contributed by atoms with Gasteiger partial charge in [-0.15, -0.1) is 11.3 Å². The van der Waals surface area contributed by atoms with Crippen LogP contribution in [0.25, 0.3) is 0 Å². The number of nitrogens with one attached hydrogen (secondary N) is 2. The van der Waals surface area contributed by atoms with Crippen LogP contribution in [0.2, 0.25) is 0 Å². The van der Waals surface area contributed by atoms with Gasteiger partial charge in [-0.25, -0.2) is 8.42 Å². The minimum Gasteiger partial charge on any atom is -0.350 e. The average molecular weight is 394 g/mol. The SMILES string of the molecule is CNC(C)CNC(=O)c1cccc(S(=O)(=O)N2CCc3sccc3C2)c1. The van der Waals surface area contributed by atoms with E-state index in [2.05, 4.69) is 10.6 Å². The molecule has 2 N–H and O–H groups in total. The van der Waals surface area contributed by atoms with E-state index in [0.717, 1.165) is 12.0 Å². The Morgan fingerprint density at radius 2 is 2.15 bits per heavy atom. The highest BCUT2D eigenvalue weighted by atomic mass is 32.2. The summed E-state index contributed by atoms with van der Waals surface area (Å²) in [5.74, 6) is -0.275. The van der Waals surface area contributed by atoms with Gasteiger partial charge in [-0.05, 0) is 55.6 Å². The first-order valence-corrected chi connectivity index (χ1v) is 10.8. The molecule has 0 saturated heterocycles. The minimum absolute atomic E-state index is 0.138. The fourth-order valence-electron chi connectivity index (χ4n) is 2.82. The third-order valence-electron chi connectivity index (χ3n) is 4.57. The number of sulfonamides is 1. The number of amides is 1. The number of hydrogen-bond donors (Lipinski definition) is 2. The van der Waals surface area contributed by atoms with E-state index in [1.165, 1.54) is 15.2 Å². The molecule has 2 heterocycles. The molecule has 0 spiro atoms. The summed E-state index contributed by atoms with van der Waals surface area (Å²) < 4.78 is 27.5. The Kier molecular flexibility index (Phi) is 5.76. The Balaban J connectivity index is 1.77. The molecule has 1 aromatic heterocycles. The molecule has 0 radical (unpaired) electrons. The third-order valence-corrected chi connectivity index (χ3v) is 7.43. The van der Waals surface area contributed by atoms with Crippen molar-refractivity contribution in [3.8, 4) is 0 Å². The molecule has 6 nitrogen and oxygen atoms in total. The number of rotatable bonds is 6. The zero-order chi connectivity index (χ0) is 18.7. The smallest absolute Gasteiger partial charge is 0.251 e. The van der Waals surface area contributed by atoms with Gasteiger partial charge in [-0.1, -0.05) is 6.07 Å². The number of carbonyl (C=O) groups is 1. The van der Waals surface area contributed by atoms with E-state index in [9.17, 15) is 13.2 Å². The van der Waals surface area contributed by atoms with Crippen LogP contribution >= 0.6 is 11.3 Å². The summed E-state index contributed by atoms with van der Waals surface area (Å²) in [4.78, 5) is 13.7. The zero-order valence-electron chi connectivity index (χ0n) is 14.9. The maximum absolute atomic E-state index is 13.0. The summed E-state index contributed by atoms with van der Waals surface area (Å²) in [5.41, 5.74) is 1.42. The molecular weight excluding hydrogens is 370 g/mol. The number of fused-ring (bicyclic) bond motifs is 1. The first-order chi connectivity index (χ1) is 12.4. The van der Waals surface area contributed by atoms with E-state index < -0.39 is 10.0 Å². The van der Waals surface area contributed by atoms with E-state index in [0.29, 0.717) is 25.2 Å². The maximum atomic E-state index is 13.0. The second-order valence-corrected chi connectivity index (χ2v) is 9.32. The van der Waals surface area contributed by atoms with Crippen molar-refractivity contribution in [3.63, 3.8) is 0 Å². The first kappa shape index (κ1) is 19.0. The molecule has 0 aliphatic carbocycles. The lowest BCUT2D eigenvalue weighted by Gasteiger charge is -2.26. The molecule has 1 aliphatic heterocycles. The highest BCUT2D eigenvalue weighted by Crippen LogP contribution is 2.28. The van der Waals surface area contributed by atoms with Crippen molar-refractivity contribution in [2.45, 2.75) is 30.8 Å². The monoisotopic (exact) mass is 393 g/mol. The van der Waals surface area contributed by atoms with E-state index in [-0.39, 0.29) is 16.8 Å². The lowest BCUT2D eigenvalue weighted by atomic mass is 10.1. The van der Waals surface area contributed by atoms with Crippen LogP contribution in [0.5, 0.6) is 0 Å². The molecule has 0 bridgehead atoms. The van der Waals surface area contributed by atoms with Crippen molar-refractivity contribution >= 4 is 27.3 Å². The maximum Gasteiger partial charge on any atom is 0.251 e. The third kappa shape index (κ3) is 3.98. The van der Waals surface area contributed by atoms with Gasteiger partial charge in [0.05, 0.1) is 4.90 Å². The van der Waals surface area contributed by atoms with Crippen molar-refractivity contribution in [1.29, 1.82) is 0 Å². The van der Waals surface area contributed by atoms with Gasteiger partial charge in [0.15, 0.2) is 0 Å². The van der Waals surface area contributed by atoms with Crippen LogP contribution in [-0.2, 0) is 23.0 Å². The van der Waals surface area contributed by atoms with Crippen molar-refractivity contribution in [2.24, 2.45) is 0 Å². The second-order valence-electron chi connectivity index (χ2n) is 6.39. The van der Waals surface area contributed by atoms with Gasteiger partial charge >= 0.3 is 0 Å². The highest BCUT2D eigenvalue weighted by molar-refractivity contribution is 7.89. The van der Waals surface area contributed by atoms with Crippen LogP contribution in [0.15, 0.2) is 40.6 Å². The van der Waals surface area contributed by atoms with Crippen LogP contribution in [0.4, 0.5) is 0 Å². The molecule has 1 amide bonds. The summed E-state index contributed by atoms with van der Waals surface area (Å²) in [6.07, 6.45) is 0.730. The van der Waals surface area contributed by atoms with Crippen molar-refractivity contribution in [1.82, 2.24) is 14.9 Å². The predicted octanol–water partition coefficient (Wildman–Crippen LogP) is 1.83. The Hall–Kier alpha value is -1.74. The Morgan fingerprint density at radius 1 is 1.35 bits per heavy atom. The molecule has 0 fully saturated rings. The quantitative estimate of drug-likeness (QED) is 0.785. The Bertz CT molecular complexity index is 893. The van der Waals surface area contributed by atoms with Crippen LogP contribution in [0, 0.1) is 0 Å². The molecule has 1 atom stereocenters. The molecule has 1 aromatic carbocycles. The first-order valence-electron chi connectivity index (χ1n) is 8.52. The normalized spacial score (nSPS) is 16.1. The summed E-state index contributed by atoms with van der Waals surface area (Å²) in [5, 5.41) is 7.85. The number of hydrogen-bond acceptors (Lipinski definition) is 5. The number of nitrogens with zero attached hydrogens (tertiary/aromatic N) is 1. The largest absolute Gasteiger partial charge is 0.350 e. The molecule has 26 heavy (non-hydrogen) atoms. The molecule has 140 valence electrons. The van der Waals surface area contributed by atoms with Crippen molar-refractivity contribution in [2.75, 3.05) is 20.1 Å². The summed E-state index contributed by atoms with van der Waals surface area (Å²) in [7, 11) is -1.81. The lowest BCUT2D eigenvalue weighted by molar-refractivity contribution is 0.0950. The number of thiophene rings is 1. The van der Waals surface area contributed by atoms with Crippen LogP contribution in [-0.4, -0.2) is 44.8 Å². The van der Waals surface area contributed by atoms with Gasteiger partial charge in [-0.3, -0.25) is 4.79 Å². The topological polar surface area (TPSA) is 78.5 Å². The van der Waals surface area contributed by atoms with E-state index in [1.807, 2.05) is 25.4 Å². The Labute approximate surface area is 158 Å². The number of carbonyl (C=O) groups excluding carboxylic acids is 1. The van der Waals surface area contributed by atoms with E-state index >= 15 is 0 Å². The van der Waals surface area contributed by atoms with Gasteiger partial charge in [0, 0.05) is 36.1 Å². The van der Waals surface area contributed by atoms with E-state index in [4.69, 9.17) is 0 Å². The molecule has 3 rings (SSSR count). The fraction of sp³-hybridized carbons (Fsp3) is 0.389. The molecule has 1 unspecified atom stereocenters. The minimum atomic E-state index is -3.63. The van der Waals surface area contributed by atoms with Gasteiger partial charge in [0.25, 0.3) is 5.91 Å². The Morgan fingerprint density at radius 3 is 2.92 bits per heavy atom. The van der Waals surface area contributed by atoms with Gasteiger partial charge in [0.2, 0.25) is 10.0 Å². The lowest BCUT2D eigenvalue weighted by Crippen LogP contribution is -2.37. The van der Waals surface area contributed by atoms with Crippen molar-refractivity contribution < 1.29 is 13.2 Å². The zero-order valence-corrected chi connectivity index (χ0v) is 16.5. The second kappa shape index (κ2) is 7.87. The average Bonchev–Trinajstić information content (AvgIpc) is 3.13. The summed E-state index contributed by atoms with van der Waals surface area (Å²) in [6.45, 7) is 3.28. The van der Waals surface area contributed by atoms with Gasteiger partial charge < -0.3 is 10.6 Å². The number of benzene rings is 1. The van der Waals surface area contributed by atoms with Crippen LogP contribution < -0.4 is 10.6 Å². The highest BCUT2D eigenvalue weighted by Gasteiger charge is 2.29.